The van der Waals surface area contributed by atoms with Gasteiger partial charge in [-0.15, -0.1) is 0 Å². The van der Waals surface area contributed by atoms with Crippen molar-refractivity contribution in [2.24, 2.45) is 0 Å². The molecule has 3 nitrogen and oxygen atoms in total. The monoisotopic (exact) mass is 259 g/mol. The van der Waals surface area contributed by atoms with Crippen molar-refractivity contribution in [1.29, 1.82) is 0 Å². The zero-order chi connectivity index (χ0) is 13.9. The van der Waals surface area contributed by atoms with Gasteiger partial charge in [0, 0.05) is 24.8 Å². The van der Waals surface area contributed by atoms with Crippen molar-refractivity contribution in [3.05, 3.63) is 0 Å². The lowest BCUT2D eigenvalue weighted by Gasteiger charge is -2.31. The number of hydrogen-bond donors (Lipinski definition) is 2. The fourth-order valence-corrected chi connectivity index (χ4v) is 2.17. The van der Waals surface area contributed by atoms with E-state index >= 15 is 0 Å². The van der Waals surface area contributed by atoms with Gasteiger partial charge in [0.2, 0.25) is 0 Å². The van der Waals surface area contributed by atoms with Crippen LogP contribution in [0.2, 0.25) is 0 Å². The van der Waals surface area contributed by atoms with Gasteiger partial charge in [0.15, 0.2) is 0 Å². The minimum atomic E-state index is -0.142. The summed E-state index contributed by atoms with van der Waals surface area (Å²) in [6.45, 7) is 10.5. The first-order chi connectivity index (χ1) is 8.54. The van der Waals surface area contributed by atoms with Gasteiger partial charge >= 0.3 is 0 Å². The largest absolute Gasteiger partial charge is 0.394 e. The second-order valence-electron chi connectivity index (χ2n) is 5.79. The molecule has 0 aromatic rings. The number of rotatable bonds is 12. The molecule has 2 N–H and O–H groups in total. The third-order valence-electron chi connectivity index (χ3n) is 3.15. The van der Waals surface area contributed by atoms with Crippen LogP contribution in [-0.4, -0.2) is 36.5 Å². The lowest BCUT2D eigenvalue weighted by atomic mass is 9.95. The van der Waals surface area contributed by atoms with Crippen LogP contribution < -0.4 is 5.32 Å². The molecule has 18 heavy (non-hydrogen) atoms. The molecule has 0 saturated heterocycles. The lowest BCUT2D eigenvalue weighted by molar-refractivity contribution is 0.117. The number of ether oxygens (including phenoxy) is 1. The van der Waals surface area contributed by atoms with Gasteiger partial charge in [0.05, 0.1) is 6.61 Å². The molecule has 0 bridgehead atoms. The topological polar surface area (TPSA) is 41.5 Å². The third kappa shape index (κ3) is 9.86. The smallest absolute Gasteiger partial charge is 0.0610 e. The van der Waals surface area contributed by atoms with Gasteiger partial charge in [-0.2, -0.15) is 0 Å². The van der Waals surface area contributed by atoms with Crippen LogP contribution in [-0.2, 0) is 4.74 Å². The van der Waals surface area contributed by atoms with Crippen LogP contribution in [0.25, 0.3) is 0 Å². The summed E-state index contributed by atoms with van der Waals surface area (Å²) in [7, 11) is 0. The summed E-state index contributed by atoms with van der Waals surface area (Å²) >= 11 is 0. The Balaban J connectivity index is 3.50. The Morgan fingerprint density at radius 3 is 2.22 bits per heavy atom. The van der Waals surface area contributed by atoms with Gasteiger partial charge in [-0.3, -0.25) is 0 Å². The first kappa shape index (κ1) is 17.9. The van der Waals surface area contributed by atoms with Gasteiger partial charge in [-0.05, 0) is 32.6 Å². The molecule has 0 aliphatic heterocycles. The Bertz CT molecular complexity index is 185. The number of aliphatic hydroxyl groups excluding tert-OH is 1. The number of hydrogen-bond acceptors (Lipinski definition) is 3. The molecular formula is C15H33NO2. The van der Waals surface area contributed by atoms with Crippen molar-refractivity contribution < 1.29 is 9.84 Å². The molecule has 0 aliphatic rings. The number of nitrogens with one attached hydrogen (secondary N) is 1. The van der Waals surface area contributed by atoms with Crippen molar-refractivity contribution in [1.82, 2.24) is 5.32 Å². The van der Waals surface area contributed by atoms with Crippen LogP contribution in [0.15, 0.2) is 0 Å². The van der Waals surface area contributed by atoms with E-state index in [2.05, 4.69) is 33.0 Å². The molecule has 0 spiro atoms. The van der Waals surface area contributed by atoms with Gasteiger partial charge in [0.25, 0.3) is 0 Å². The maximum atomic E-state index is 9.44. The van der Waals surface area contributed by atoms with Crippen molar-refractivity contribution in [3.63, 3.8) is 0 Å². The predicted octanol–water partition coefficient (Wildman–Crippen LogP) is 3.11. The average molecular weight is 259 g/mol. The van der Waals surface area contributed by atoms with Gasteiger partial charge in [-0.1, -0.05) is 33.6 Å². The molecule has 0 radical (unpaired) electrons. The summed E-state index contributed by atoms with van der Waals surface area (Å²) in [4.78, 5) is 0. The Hall–Kier alpha value is -0.120. The summed E-state index contributed by atoms with van der Waals surface area (Å²) in [6.07, 6.45) is 6.88. The first-order valence-corrected chi connectivity index (χ1v) is 7.50. The van der Waals surface area contributed by atoms with Crippen LogP contribution in [0.3, 0.4) is 0 Å². The van der Waals surface area contributed by atoms with E-state index in [1.165, 1.54) is 19.3 Å². The Kier molecular flexibility index (Phi) is 10.7. The molecule has 0 aliphatic carbocycles. The van der Waals surface area contributed by atoms with E-state index in [1.807, 2.05) is 0 Å². The summed E-state index contributed by atoms with van der Waals surface area (Å²) in [6, 6.07) is 0.410. The summed E-state index contributed by atoms with van der Waals surface area (Å²) in [5, 5.41) is 12.9. The predicted molar refractivity (Wildman–Crippen MR) is 78.0 cm³/mol. The van der Waals surface area contributed by atoms with Crippen LogP contribution >= 0.6 is 0 Å². The highest BCUT2D eigenvalue weighted by Crippen LogP contribution is 2.14. The molecule has 110 valence electrons. The van der Waals surface area contributed by atoms with Crippen molar-refractivity contribution in [3.8, 4) is 0 Å². The van der Waals surface area contributed by atoms with Crippen molar-refractivity contribution in [2.45, 2.75) is 77.8 Å². The molecule has 3 heteroatoms. The molecule has 0 fully saturated rings. The Morgan fingerprint density at radius 2 is 1.72 bits per heavy atom. The zero-order valence-electron chi connectivity index (χ0n) is 12.8. The Morgan fingerprint density at radius 1 is 1.11 bits per heavy atom. The van der Waals surface area contributed by atoms with Gasteiger partial charge in [-0.25, -0.2) is 0 Å². The fraction of sp³-hybridized carbons (Fsp3) is 1.00. The summed E-state index contributed by atoms with van der Waals surface area (Å²) in [5.41, 5.74) is -0.142. The van der Waals surface area contributed by atoms with E-state index in [1.54, 1.807) is 0 Å². The van der Waals surface area contributed by atoms with Crippen LogP contribution in [0, 0.1) is 0 Å². The SMILES string of the molecule is CCCCCOCCCCC(C)(CO)NC(C)C. The van der Waals surface area contributed by atoms with E-state index in [9.17, 15) is 5.11 Å². The molecule has 0 amide bonds. The highest BCUT2D eigenvalue weighted by atomic mass is 16.5. The molecule has 0 saturated carbocycles. The van der Waals surface area contributed by atoms with Crippen LogP contribution in [0.5, 0.6) is 0 Å². The van der Waals surface area contributed by atoms with E-state index in [4.69, 9.17) is 4.74 Å². The first-order valence-electron chi connectivity index (χ1n) is 7.50. The Labute approximate surface area is 113 Å². The van der Waals surface area contributed by atoms with E-state index in [-0.39, 0.29) is 12.1 Å². The van der Waals surface area contributed by atoms with Gasteiger partial charge in [0.1, 0.15) is 0 Å². The minimum absolute atomic E-state index is 0.142. The molecule has 0 heterocycles. The summed E-state index contributed by atoms with van der Waals surface area (Å²) < 4.78 is 5.58. The molecule has 1 atom stereocenters. The molecule has 0 aromatic heterocycles. The van der Waals surface area contributed by atoms with E-state index in [0.29, 0.717) is 6.04 Å². The van der Waals surface area contributed by atoms with Crippen LogP contribution in [0.4, 0.5) is 0 Å². The van der Waals surface area contributed by atoms with E-state index < -0.39 is 0 Å². The average Bonchev–Trinajstić information content (AvgIpc) is 2.32. The quantitative estimate of drug-likeness (QED) is 0.529. The second-order valence-corrected chi connectivity index (χ2v) is 5.79. The normalized spacial score (nSPS) is 15.0. The second kappa shape index (κ2) is 10.8. The number of aliphatic hydroxyl groups is 1. The number of unbranched alkanes of at least 4 members (excludes halogenated alkanes) is 3. The van der Waals surface area contributed by atoms with Crippen LogP contribution in [0.1, 0.15) is 66.2 Å². The third-order valence-corrected chi connectivity index (χ3v) is 3.15. The highest BCUT2D eigenvalue weighted by molar-refractivity contribution is 4.83. The molecule has 0 aromatic carbocycles. The van der Waals surface area contributed by atoms with E-state index in [0.717, 1.165) is 32.5 Å². The van der Waals surface area contributed by atoms with Gasteiger partial charge < -0.3 is 15.2 Å². The fourth-order valence-electron chi connectivity index (χ4n) is 2.17. The molecule has 1 unspecified atom stereocenters. The minimum Gasteiger partial charge on any atom is -0.394 e. The highest BCUT2D eigenvalue weighted by Gasteiger charge is 2.22. The lowest BCUT2D eigenvalue weighted by Crippen LogP contribution is -2.49. The zero-order valence-corrected chi connectivity index (χ0v) is 12.8. The maximum Gasteiger partial charge on any atom is 0.0610 e. The molecule has 0 rings (SSSR count). The summed E-state index contributed by atoms with van der Waals surface area (Å²) in [5.74, 6) is 0. The molecular weight excluding hydrogens is 226 g/mol. The standard InChI is InChI=1S/C15H33NO2/c1-5-6-8-11-18-12-9-7-10-15(4,13-17)16-14(2)3/h14,16-17H,5-13H2,1-4H3. The van der Waals surface area contributed by atoms with Crippen molar-refractivity contribution >= 4 is 0 Å². The van der Waals surface area contributed by atoms with Crippen molar-refractivity contribution in [2.75, 3.05) is 19.8 Å². The maximum absolute atomic E-state index is 9.44.